The highest BCUT2D eigenvalue weighted by atomic mass is 32.1. The van der Waals surface area contributed by atoms with E-state index in [9.17, 15) is 14.0 Å². The molecule has 0 aliphatic rings. The first kappa shape index (κ1) is 28.5. The van der Waals surface area contributed by atoms with Crippen molar-refractivity contribution in [1.29, 1.82) is 0 Å². The van der Waals surface area contributed by atoms with Gasteiger partial charge in [0.2, 0.25) is 5.91 Å². The molecule has 0 spiro atoms. The molecule has 0 aliphatic carbocycles. The number of methoxy groups -OCH3 is 1. The average molecular weight is 525 g/mol. The Kier molecular flexibility index (Phi) is 11.8. The van der Waals surface area contributed by atoms with E-state index in [0.29, 0.717) is 38.2 Å². The van der Waals surface area contributed by atoms with Crippen LogP contribution in [0.5, 0.6) is 0 Å². The van der Waals surface area contributed by atoms with E-state index in [2.05, 4.69) is 6.92 Å². The van der Waals surface area contributed by atoms with Crippen LogP contribution in [0, 0.1) is 5.82 Å². The predicted molar refractivity (Wildman–Crippen MR) is 147 cm³/mol. The van der Waals surface area contributed by atoms with Crippen LogP contribution in [0.3, 0.4) is 0 Å². The Balaban J connectivity index is 1.74. The number of benzene rings is 2. The normalized spacial score (nSPS) is 10.9. The summed E-state index contributed by atoms with van der Waals surface area (Å²) in [6, 6.07) is 17.8. The molecule has 0 bridgehead atoms. The van der Waals surface area contributed by atoms with Gasteiger partial charge in [-0.05, 0) is 66.1 Å². The van der Waals surface area contributed by atoms with Crippen molar-refractivity contribution in [3.63, 3.8) is 0 Å². The number of nitrogens with zero attached hydrogens (tertiary/aromatic N) is 2. The fraction of sp³-hybridized carbons (Fsp3) is 0.400. The van der Waals surface area contributed by atoms with Crippen molar-refractivity contribution in [3.05, 3.63) is 93.4 Å². The fourth-order valence-corrected chi connectivity index (χ4v) is 4.84. The van der Waals surface area contributed by atoms with Crippen LogP contribution in [-0.2, 0) is 29.0 Å². The third-order valence-electron chi connectivity index (χ3n) is 6.23. The number of hydrogen-bond donors (Lipinski definition) is 0. The zero-order chi connectivity index (χ0) is 26.5. The lowest BCUT2D eigenvalue weighted by Gasteiger charge is -2.28. The van der Waals surface area contributed by atoms with E-state index < -0.39 is 0 Å². The number of thiophene rings is 1. The maximum absolute atomic E-state index is 13.6. The van der Waals surface area contributed by atoms with Crippen LogP contribution in [0.25, 0.3) is 0 Å². The number of ether oxygens (including phenoxy) is 1. The second-order valence-electron chi connectivity index (χ2n) is 9.18. The Labute approximate surface area is 223 Å². The minimum atomic E-state index is -0.314. The van der Waals surface area contributed by atoms with Gasteiger partial charge in [-0.25, -0.2) is 4.39 Å². The third-order valence-corrected chi connectivity index (χ3v) is 7.09. The second kappa shape index (κ2) is 15.3. The highest BCUT2D eigenvalue weighted by Gasteiger charge is 2.23. The van der Waals surface area contributed by atoms with Crippen molar-refractivity contribution in [2.24, 2.45) is 0 Å². The van der Waals surface area contributed by atoms with E-state index in [-0.39, 0.29) is 24.2 Å². The van der Waals surface area contributed by atoms with Gasteiger partial charge in [0.25, 0.3) is 5.91 Å². The topological polar surface area (TPSA) is 49.9 Å². The summed E-state index contributed by atoms with van der Waals surface area (Å²) < 4.78 is 18.6. The van der Waals surface area contributed by atoms with Crippen molar-refractivity contribution >= 4 is 23.2 Å². The summed E-state index contributed by atoms with van der Waals surface area (Å²) in [6.45, 7) is 3.84. The Morgan fingerprint density at radius 2 is 1.62 bits per heavy atom. The molecule has 0 saturated heterocycles. The van der Waals surface area contributed by atoms with Gasteiger partial charge in [0.1, 0.15) is 12.4 Å². The number of carbonyl (C=O) groups excluding carboxylic acids is 2. The van der Waals surface area contributed by atoms with Crippen LogP contribution >= 0.6 is 11.3 Å². The Bertz CT molecular complexity index is 1090. The number of hydrogen-bond acceptors (Lipinski definition) is 4. The van der Waals surface area contributed by atoms with Gasteiger partial charge >= 0.3 is 0 Å². The minimum Gasteiger partial charge on any atom is -0.385 e. The smallest absolute Gasteiger partial charge is 0.254 e. The molecular weight excluding hydrogens is 487 g/mol. The molecule has 0 atom stereocenters. The standard InChI is InChI=1S/C30H37FN2O3S/c1-3-4-5-8-24-10-14-26(15-11-24)30(35)32(18-7-19-36-2)23-29(34)33(22-28-9-6-20-37-28)21-25-12-16-27(31)17-13-25/h6,9-17,20H,3-5,7-8,18-19,21-23H2,1-2H3. The Morgan fingerprint density at radius 1 is 0.892 bits per heavy atom. The largest absolute Gasteiger partial charge is 0.385 e. The van der Waals surface area contributed by atoms with E-state index in [1.807, 2.05) is 41.8 Å². The first-order chi connectivity index (χ1) is 18.0. The molecule has 0 unspecified atom stereocenters. The third kappa shape index (κ3) is 9.41. The van der Waals surface area contributed by atoms with Crippen LogP contribution in [0.15, 0.2) is 66.0 Å². The summed E-state index contributed by atoms with van der Waals surface area (Å²) in [5, 5.41) is 1.97. The van der Waals surface area contributed by atoms with Crippen molar-refractivity contribution in [3.8, 4) is 0 Å². The molecule has 37 heavy (non-hydrogen) atoms. The summed E-state index contributed by atoms with van der Waals surface area (Å²) in [4.78, 5) is 31.4. The molecule has 0 fully saturated rings. The summed E-state index contributed by atoms with van der Waals surface area (Å²) in [7, 11) is 1.63. The first-order valence-corrected chi connectivity index (χ1v) is 13.8. The Morgan fingerprint density at radius 3 is 2.27 bits per heavy atom. The second-order valence-corrected chi connectivity index (χ2v) is 10.2. The van der Waals surface area contributed by atoms with E-state index in [1.54, 1.807) is 40.4 Å². The molecule has 0 radical (unpaired) electrons. The molecule has 3 rings (SSSR count). The van der Waals surface area contributed by atoms with Gasteiger partial charge in [-0.15, -0.1) is 11.3 Å². The van der Waals surface area contributed by atoms with Gasteiger partial charge in [0.05, 0.1) is 6.54 Å². The number of aryl methyl sites for hydroxylation is 1. The van der Waals surface area contributed by atoms with Crippen molar-refractivity contribution in [1.82, 2.24) is 9.80 Å². The highest BCUT2D eigenvalue weighted by molar-refractivity contribution is 7.09. The maximum Gasteiger partial charge on any atom is 0.254 e. The lowest BCUT2D eigenvalue weighted by Crippen LogP contribution is -2.43. The molecule has 5 nitrogen and oxygen atoms in total. The molecule has 3 aromatic rings. The average Bonchev–Trinajstić information content (AvgIpc) is 3.42. The monoisotopic (exact) mass is 524 g/mol. The van der Waals surface area contributed by atoms with Gasteiger partial charge in [-0.1, -0.05) is 50.1 Å². The lowest BCUT2D eigenvalue weighted by molar-refractivity contribution is -0.133. The quantitative estimate of drug-likeness (QED) is 0.218. The van der Waals surface area contributed by atoms with Crippen LogP contribution in [0.1, 0.15) is 59.0 Å². The molecule has 2 amide bonds. The number of amides is 2. The van der Waals surface area contributed by atoms with Crippen LogP contribution < -0.4 is 0 Å². The zero-order valence-electron chi connectivity index (χ0n) is 21.8. The molecule has 2 aromatic carbocycles. The first-order valence-electron chi connectivity index (χ1n) is 12.9. The number of unbranched alkanes of at least 4 members (excludes halogenated alkanes) is 2. The molecule has 0 aliphatic heterocycles. The van der Waals surface area contributed by atoms with E-state index in [4.69, 9.17) is 4.74 Å². The van der Waals surface area contributed by atoms with Crippen LogP contribution in [0.2, 0.25) is 0 Å². The number of rotatable bonds is 15. The molecular formula is C30H37FN2O3S. The van der Waals surface area contributed by atoms with Crippen molar-refractivity contribution in [2.45, 2.75) is 52.1 Å². The zero-order valence-corrected chi connectivity index (χ0v) is 22.6. The highest BCUT2D eigenvalue weighted by Crippen LogP contribution is 2.17. The SMILES string of the molecule is CCCCCc1ccc(C(=O)N(CCCOC)CC(=O)N(Cc2ccc(F)cc2)Cc2cccs2)cc1. The van der Waals surface area contributed by atoms with Crippen molar-refractivity contribution < 1.29 is 18.7 Å². The van der Waals surface area contributed by atoms with E-state index >= 15 is 0 Å². The van der Waals surface area contributed by atoms with Gasteiger partial charge in [0, 0.05) is 37.2 Å². The van der Waals surface area contributed by atoms with E-state index in [1.165, 1.54) is 30.5 Å². The summed E-state index contributed by atoms with van der Waals surface area (Å²) in [5.74, 6) is -0.631. The summed E-state index contributed by atoms with van der Waals surface area (Å²) >= 11 is 1.58. The van der Waals surface area contributed by atoms with E-state index in [0.717, 1.165) is 23.3 Å². The van der Waals surface area contributed by atoms with Crippen LogP contribution in [-0.4, -0.2) is 48.4 Å². The summed E-state index contributed by atoms with van der Waals surface area (Å²) in [6.07, 6.45) is 5.13. The van der Waals surface area contributed by atoms with Crippen LogP contribution in [0.4, 0.5) is 4.39 Å². The molecule has 0 N–H and O–H groups in total. The van der Waals surface area contributed by atoms with Gasteiger partial charge in [-0.2, -0.15) is 0 Å². The minimum absolute atomic E-state index is 0.0344. The number of carbonyl (C=O) groups is 2. The lowest BCUT2D eigenvalue weighted by atomic mass is 10.0. The van der Waals surface area contributed by atoms with Gasteiger partial charge in [-0.3, -0.25) is 9.59 Å². The fourth-order valence-electron chi connectivity index (χ4n) is 4.12. The Hall–Kier alpha value is -3.03. The predicted octanol–water partition coefficient (Wildman–Crippen LogP) is 6.33. The summed E-state index contributed by atoms with van der Waals surface area (Å²) in [5.41, 5.74) is 2.63. The maximum atomic E-state index is 13.6. The van der Waals surface area contributed by atoms with Gasteiger partial charge in [0.15, 0.2) is 0 Å². The molecule has 0 saturated carbocycles. The molecule has 7 heteroatoms. The van der Waals surface area contributed by atoms with Crippen molar-refractivity contribution in [2.75, 3.05) is 26.8 Å². The number of halogens is 1. The molecule has 198 valence electrons. The van der Waals surface area contributed by atoms with Gasteiger partial charge < -0.3 is 14.5 Å². The molecule has 1 aromatic heterocycles. The molecule has 1 heterocycles.